The highest BCUT2D eigenvalue weighted by molar-refractivity contribution is 6.42. The lowest BCUT2D eigenvalue weighted by Crippen LogP contribution is -2.07. The zero-order chi connectivity index (χ0) is 10.6. The van der Waals surface area contributed by atoms with Gasteiger partial charge in [-0.2, -0.15) is 0 Å². The lowest BCUT2D eigenvalue weighted by molar-refractivity contribution is 0.0421. The fourth-order valence-corrected chi connectivity index (χ4v) is 1.53. The molecule has 0 aliphatic rings. The van der Waals surface area contributed by atoms with Crippen LogP contribution >= 0.6 is 23.2 Å². The number of aliphatic hydroxyl groups is 1. The predicted molar refractivity (Wildman–Crippen MR) is 57.9 cm³/mol. The Morgan fingerprint density at radius 2 is 2.14 bits per heavy atom. The number of rotatable bonds is 4. The van der Waals surface area contributed by atoms with E-state index in [0.29, 0.717) is 22.2 Å². The first kappa shape index (κ1) is 11.8. The summed E-state index contributed by atoms with van der Waals surface area (Å²) >= 11 is 11.7. The minimum Gasteiger partial charge on any atom is -0.386 e. The van der Waals surface area contributed by atoms with Gasteiger partial charge in [0.25, 0.3) is 0 Å². The zero-order valence-corrected chi connectivity index (χ0v) is 9.35. The van der Waals surface area contributed by atoms with Gasteiger partial charge in [-0.05, 0) is 13.0 Å². The van der Waals surface area contributed by atoms with E-state index in [0.717, 1.165) is 0 Å². The second-order valence-corrected chi connectivity index (χ2v) is 3.60. The number of benzene rings is 1. The van der Waals surface area contributed by atoms with Crippen molar-refractivity contribution < 1.29 is 9.84 Å². The number of hydrogen-bond donors (Lipinski definition) is 1. The van der Waals surface area contributed by atoms with Crippen molar-refractivity contribution in [2.24, 2.45) is 0 Å². The third-order valence-corrected chi connectivity index (χ3v) is 2.65. The first-order valence-corrected chi connectivity index (χ1v) is 5.12. The van der Waals surface area contributed by atoms with Crippen LogP contribution in [-0.2, 0) is 4.74 Å². The zero-order valence-electron chi connectivity index (χ0n) is 7.84. The maximum absolute atomic E-state index is 9.69. The molecule has 0 fully saturated rings. The largest absolute Gasteiger partial charge is 0.386 e. The molecule has 14 heavy (non-hydrogen) atoms. The summed E-state index contributed by atoms with van der Waals surface area (Å²) in [5.74, 6) is 0. The molecule has 1 atom stereocenters. The van der Waals surface area contributed by atoms with Gasteiger partial charge in [0.2, 0.25) is 0 Å². The van der Waals surface area contributed by atoms with Crippen LogP contribution in [0.1, 0.15) is 18.6 Å². The van der Waals surface area contributed by atoms with Gasteiger partial charge >= 0.3 is 0 Å². The van der Waals surface area contributed by atoms with E-state index in [2.05, 4.69) is 0 Å². The molecule has 1 rings (SSSR count). The Hall–Kier alpha value is -0.280. The van der Waals surface area contributed by atoms with E-state index >= 15 is 0 Å². The van der Waals surface area contributed by atoms with Crippen molar-refractivity contribution in [3.8, 4) is 0 Å². The van der Waals surface area contributed by atoms with Crippen LogP contribution in [0.2, 0.25) is 10.0 Å². The summed E-state index contributed by atoms with van der Waals surface area (Å²) in [6.07, 6.45) is -0.721. The lowest BCUT2D eigenvalue weighted by atomic mass is 10.1. The highest BCUT2D eigenvalue weighted by atomic mass is 35.5. The molecule has 0 spiro atoms. The van der Waals surface area contributed by atoms with Crippen LogP contribution in [-0.4, -0.2) is 18.3 Å². The van der Waals surface area contributed by atoms with Gasteiger partial charge in [-0.15, -0.1) is 0 Å². The maximum atomic E-state index is 9.69. The molecular weight excluding hydrogens is 223 g/mol. The molecule has 78 valence electrons. The molecule has 0 heterocycles. The Morgan fingerprint density at radius 1 is 1.43 bits per heavy atom. The lowest BCUT2D eigenvalue weighted by Gasteiger charge is -2.12. The molecule has 0 saturated carbocycles. The smallest absolute Gasteiger partial charge is 0.104 e. The van der Waals surface area contributed by atoms with Gasteiger partial charge in [-0.3, -0.25) is 0 Å². The molecule has 1 N–H and O–H groups in total. The topological polar surface area (TPSA) is 29.5 Å². The number of hydrogen-bond acceptors (Lipinski definition) is 2. The Kier molecular flexibility index (Phi) is 4.69. The van der Waals surface area contributed by atoms with Crippen molar-refractivity contribution >= 4 is 23.2 Å². The van der Waals surface area contributed by atoms with Crippen LogP contribution in [0.25, 0.3) is 0 Å². The van der Waals surface area contributed by atoms with Crippen molar-refractivity contribution in [3.05, 3.63) is 33.8 Å². The first-order chi connectivity index (χ1) is 6.66. The second-order valence-electron chi connectivity index (χ2n) is 2.82. The summed E-state index contributed by atoms with van der Waals surface area (Å²) in [5, 5.41) is 10.5. The molecule has 0 bridgehead atoms. The average molecular weight is 235 g/mol. The molecule has 0 aromatic heterocycles. The van der Waals surface area contributed by atoms with Crippen molar-refractivity contribution in [2.45, 2.75) is 13.0 Å². The molecule has 0 radical (unpaired) electrons. The second kappa shape index (κ2) is 5.56. The SMILES string of the molecule is CCOCC(O)c1cccc(Cl)c1Cl. The Bertz CT molecular complexity index is 302. The van der Waals surface area contributed by atoms with Crippen LogP contribution in [0.15, 0.2) is 18.2 Å². The van der Waals surface area contributed by atoms with Crippen LogP contribution in [0, 0.1) is 0 Å². The minimum absolute atomic E-state index is 0.233. The molecule has 1 aromatic carbocycles. The summed E-state index contributed by atoms with van der Waals surface area (Å²) in [4.78, 5) is 0. The van der Waals surface area contributed by atoms with Crippen LogP contribution in [0.3, 0.4) is 0 Å². The standard InChI is InChI=1S/C10H12Cl2O2/c1-2-14-6-9(13)7-4-3-5-8(11)10(7)12/h3-5,9,13H,2,6H2,1H3. The molecule has 1 unspecified atom stereocenters. The fraction of sp³-hybridized carbons (Fsp3) is 0.400. The molecule has 4 heteroatoms. The Balaban J connectivity index is 2.79. The van der Waals surface area contributed by atoms with Gasteiger partial charge < -0.3 is 9.84 Å². The minimum atomic E-state index is -0.721. The summed E-state index contributed by atoms with van der Waals surface area (Å²) in [6, 6.07) is 5.16. The highest BCUT2D eigenvalue weighted by Gasteiger charge is 2.13. The van der Waals surface area contributed by atoms with E-state index in [-0.39, 0.29) is 6.61 Å². The third-order valence-electron chi connectivity index (χ3n) is 1.82. The Labute approximate surface area is 93.4 Å². The van der Waals surface area contributed by atoms with Gasteiger partial charge in [0.1, 0.15) is 6.10 Å². The normalized spacial score (nSPS) is 12.9. The third kappa shape index (κ3) is 2.85. The van der Waals surface area contributed by atoms with Crippen molar-refractivity contribution in [3.63, 3.8) is 0 Å². The van der Waals surface area contributed by atoms with E-state index in [4.69, 9.17) is 27.9 Å². The quantitative estimate of drug-likeness (QED) is 0.868. The van der Waals surface area contributed by atoms with Gasteiger partial charge in [-0.25, -0.2) is 0 Å². The highest BCUT2D eigenvalue weighted by Crippen LogP contribution is 2.29. The summed E-state index contributed by atoms with van der Waals surface area (Å²) in [7, 11) is 0. The van der Waals surface area contributed by atoms with Crippen LogP contribution in [0.5, 0.6) is 0 Å². The summed E-state index contributed by atoms with van der Waals surface area (Å²) in [6.45, 7) is 2.66. The molecule has 2 nitrogen and oxygen atoms in total. The van der Waals surface area contributed by atoms with Crippen molar-refractivity contribution in [1.29, 1.82) is 0 Å². The molecule has 0 aliphatic heterocycles. The predicted octanol–water partition coefficient (Wildman–Crippen LogP) is 3.06. The summed E-state index contributed by atoms with van der Waals surface area (Å²) in [5.41, 5.74) is 0.604. The fourth-order valence-electron chi connectivity index (χ4n) is 1.10. The molecule has 0 saturated heterocycles. The van der Waals surface area contributed by atoms with E-state index < -0.39 is 6.10 Å². The van der Waals surface area contributed by atoms with Gasteiger partial charge in [0, 0.05) is 12.2 Å². The molecule has 1 aromatic rings. The van der Waals surface area contributed by atoms with Crippen molar-refractivity contribution in [1.82, 2.24) is 0 Å². The number of aliphatic hydroxyl groups excluding tert-OH is 1. The first-order valence-electron chi connectivity index (χ1n) is 4.36. The van der Waals surface area contributed by atoms with E-state index in [1.807, 2.05) is 6.92 Å². The molecular formula is C10H12Cl2O2. The van der Waals surface area contributed by atoms with Crippen LogP contribution < -0.4 is 0 Å². The van der Waals surface area contributed by atoms with E-state index in [9.17, 15) is 5.11 Å². The number of ether oxygens (including phenoxy) is 1. The maximum Gasteiger partial charge on any atom is 0.104 e. The van der Waals surface area contributed by atoms with E-state index in [1.165, 1.54) is 0 Å². The number of halogens is 2. The Morgan fingerprint density at radius 3 is 2.79 bits per heavy atom. The van der Waals surface area contributed by atoms with Crippen LogP contribution in [0.4, 0.5) is 0 Å². The molecule has 0 amide bonds. The average Bonchev–Trinajstić information content (AvgIpc) is 2.18. The summed E-state index contributed by atoms with van der Waals surface area (Å²) < 4.78 is 5.09. The monoisotopic (exact) mass is 234 g/mol. The van der Waals surface area contributed by atoms with E-state index in [1.54, 1.807) is 18.2 Å². The van der Waals surface area contributed by atoms with Crippen molar-refractivity contribution in [2.75, 3.05) is 13.2 Å². The molecule has 0 aliphatic carbocycles. The van der Waals surface area contributed by atoms with Gasteiger partial charge in [0.05, 0.1) is 16.7 Å². The van der Waals surface area contributed by atoms with Gasteiger partial charge in [0.15, 0.2) is 0 Å². The van der Waals surface area contributed by atoms with Gasteiger partial charge in [-0.1, -0.05) is 35.3 Å².